The highest BCUT2D eigenvalue weighted by Gasteiger charge is 2.21. The first-order chi connectivity index (χ1) is 9.91. The van der Waals surface area contributed by atoms with E-state index in [9.17, 15) is 5.11 Å². The Bertz CT molecular complexity index is 598. The van der Waals surface area contributed by atoms with Crippen molar-refractivity contribution in [2.24, 2.45) is 5.92 Å². The van der Waals surface area contributed by atoms with E-state index < -0.39 is 5.60 Å². The van der Waals surface area contributed by atoms with E-state index in [4.69, 9.17) is 0 Å². The molecule has 0 aliphatic rings. The largest absolute Gasteiger partial charge is 0.388 e. The van der Waals surface area contributed by atoms with E-state index in [0.29, 0.717) is 18.1 Å². The first kappa shape index (κ1) is 16.5. The van der Waals surface area contributed by atoms with E-state index in [1.165, 1.54) is 6.33 Å². The number of nitrogens with one attached hydrogen (secondary N) is 1. The Kier molecular flexibility index (Phi) is 5.40. The Morgan fingerprint density at radius 1 is 1.43 bits per heavy atom. The van der Waals surface area contributed by atoms with Crippen LogP contribution in [0, 0.1) is 5.92 Å². The van der Waals surface area contributed by atoms with Crippen LogP contribution in [0.2, 0.25) is 0 Å². The van der Waals surface area contributed by atoms with Gasteiger partial charge in [-0.25, -0.2) is 15.0 Å². The Morgan fingerprint density at radius 2 is 2.19 bits per heavy atom. The summed E-state index contributed by atoms with van der Waals surface area (Å²) in [6, 6.07) is 0. The van der Waals surface area contributed by atoms with Gasteiger partial charge in [0.15, 0.2) is 9.99 Å². The van der Waals surface area contributed by atoms with Crippen molar-refractivity contribution >= 4 is 39.3 Å². The minimum absolute atomic E-state index is 0.471. The maximum Gasteiger partial charge on any atom is 0.176 e. The number of fused-ring (bicyclic) bond motifs is 1. The molecular weight excluding hydrogens is 304 g/mol. The monoisotopic (exact) mass is 326 g/mol. The summed E-state index contributed by atoms with van der Waals surface area (Å²) in [5.74, 6) is 1.34. The van der Waals surface area contributed by atoms with Crippen LogP contribution in [0.4, 0.5) is 5.82 Å². The van der Waals surface area contributed by atoms with Crippen LogP contribution in [0.1, 0.15) is 33.6 Å². The Hall–Kier alpha value is -0.920. The molecule has 2 aromatic rings. The normalized spacial score (nSPS) is 14.6. The molecule has 0 radical (unpaired) electrons. The average Bonchev–Trinajstić information content (AvgIpc) is 2.87. The SMILES string of the molecule is CSc1nc2ncnc(NCC(C)(O)CCC(C)C)c2s1. The molecule has 2 rings (SSSR count). The van der Waals surface area contributed by atoms with E-state index in [1.807, 2.05) is 13.2 Å². The second-order valence-corrected chi connectivity index (χ2v) is 7.89. The van der Waals surface area contributed by atoms with Gasteiger partial charge in [-0.3, -0.25) is 0 Å². The van der Waals surface area contributed by atoms with E-state index in [1.54, 1.807) is 23.1 Å². The molecule has 0 fully saturated rings. The van der Waals surface area contributed by atoms with Crippen molar-refractivity contribution in [2.75, 3.05) is 18.1 Å². The second-order valence-electron chi connectivity index (χ2n) is 5.84. The molecule has 2 N–H and O–H groups in total. The maximum atomic E-state index is 10.4. The highest BCUT2D eigenvalue weighted by molar-refractivity contribution is 8.00. The molecule has 0 spiro atoms. The van der Waals surface area contributed by atoms with Gasteiger partial charge >= 0.3 is 0 Å². The second kappa shape index (κ2) is 6.89. The fourth-order valence-electron chi connectivity index (χ4n) is 1.91. The van der Waals surface area contributed by atoms with Gasteiger partial charge in [-0.2, -0.15) is 0 Å². The van der Waals surface area contributed by atoms with Gasteiger partial charge in [0, 0.05) is 6.54 Å². The number of thioether (sulfide) groups is 1. The molecule has 7 heteroatoms. The fraction of sp³-hybridized carbons (Fsp3) is 0.643. The smallest absolute Gasteiger partial charge is 0.176 e. The van der Waals surface area contributed by atoms with Gasteiger partial charge in [0.25, 0.3) is 0 Å². The molecule has 0 amide bonds. The van der Waals surface area contributed by atoms with Crippen LogP contribution < -0.4 is 5.32 Å². The van der Waals surface area contributed by atoms with Crippen molar-refractivity contribution < 1.29 is 5.11 Å². The Balaban J connectivity index is 2.07. The predicted molar refractivity (Wildman–Crippen MR) is 90.2 cm³/mol. The summed E-state index contributed by atoms with van der Waals surface area (Å²) < 4.78 is 1.92. The number of aliphatic hydroxyl groups is 1. The summed E-state index contributed by atoms with van der Waals surface area (Å²) in [6.45, 7) is 6.66. The summed E-state index contributed by atoms with van der Waals surface area (Å²) in [5.41, 5.74) is -0.0298. The molecule has 5 nitrogen and oxygen atoms in total. The predicted octanol–water partition coefficient (Wildman–Crippen LogP) is 3.41. The third-order valence-corrected chi connectivity index (χ3v) is 5.28. The summed E-state index contributed by atoms with van der Waals surface area (Å²) >= 11 is 3.18. The van der Waals surface area contributed by atoms with Crippen molar-refractivity contribution in [1.82, 2.24) is 15.0 Å². The highest BCUT2D eigenvalue weighted by atomic mass is 32.2. The molecule has 2 heterocycles. The average molecular weight is 326 g/mol. The Morgan fingerprint density at radius 3 is 2.86 bits per heavy atom. The van der Waals surface area contributed by atoms with Crippen molar-refractivity contribution in [2.45, 2.75) is 43.6 Å². The van der Waals surface area contributed by atoms with Crippen molar-refractivity contribution in [3.8, 4) is 0 Å². The number of nitrogens with zero attached hydrogens (tertiary/aromatic N) is 3. The molecule has 116 valence electrons. The van der Waals surface area contributed by atoms with Crippen LogP contribution in [0.5, 0.6) is 0 Å². The minimum atomic E-state index is -0.742. The topological polar surface area (TPSA) is 70.9 Å². The quantitative estimate of drug-likeness (QED) is 0.760. The van der Waals surface area contributed by atoms with Crippen LogP contribution in [0.25, 0.3) is 10.3 Å². The summed E-state index contributed by atoms with van der Waals surface area (Å²) in [4.78, 5) is 12.9. The number of rotatable bonds is 7. The van der Waals surface area contributed by atoms with Crippen LogP contribution in [-0.2, 0) is 0 Å². The van der Waals surface area contributed by atoms with Crippen molar-refractivity contribution in [3.63, 3.8) is 0 Å². The molecule has 0 saturated heterocycles. The number of hydrogen-bond donors (Lipinski definition) is 2. The lowest BCUT2D eigenvalue weighted by molar-refractivity contribution is 0.0586. The first-order valence-electron chi connectivity index (χ1n) is 7.03. The first-order valence-corrected chi connectivity index (χ1v) is 9.07. The summed E-state index contributed by atoms with van der Waals surface area (Å²) in [5, 5.41) is 13.7. The van der Waals surface area contributed by atoms with Crippen LogP contribution >= 0.6 is 23.1 Å². The minimum Gasteiger partial charge on any atom is -0.388 e. The highest BCUT2D eigenvalue weighted by Crippen LogP contribution is 2.31. The van der Waals surface area contributed by atoms with Gasteiger partial charge in [-0.15, -0.1) is 11.3 Å². The van der Waals surface area contributed by atoms with Crippen LogP contribution in [0.3, 0.4) is 0 Å². The van der Waals surface area contributed by atoms with Gasteiger partial charge in [0.2, 0.25) is 0 Å². The standard InChI is InChI=1S/C14H22N4OS2/c1-9(2)5-6-14(3,19)7-15-11-10-12(17-8-16-11)18-13(20-4)21-10/h8-9,19H,5-7H2,1-4H3,(H,15,16,17). The van der Waals surface area contributed by atoms with Crippen LogP contribution in [-0.4, -0.2) is 38.5 Å². The molecular formula is C14H22N4OS2. The molecule has 2 aromatic heterocycles. The van der Waals surface area contributed by atoms with Gasteiger partial charge in [-0.05, 0) is 31.9 Å². The van der Waals surface area contributed by atoms with E-state index in [0.717, 1.165) is 27.7 Å². The lowest BCUT2D eigenvalue weighted by Crippen LogP contribution is -2.34. The number of hydrogen-bond acceptors (Lipinski definition) is 7. The molecule has 0 aliphatic heterocycles. The zero-order chi connectivity index (χ0) is 15.5. The van der Waals surface area contributed by atoms with Gasteiger partial charge in [0.1, 0.15) is 16.8 Å². The molecule has 1 unspecified atom stereocenters. The lowest BCUT2D eigenvalue weighted by Gasteiger charge is -2.24. The van der Waals surface area contributed by atoms with E-state index in [-0.39, 0.29) is 0 Å². The fourth-order valence-corrected chi connectivity index (χ4v) is 3.39. The molecule has 0 aromatic carbocycles. The molecule has 0 saturated carbocycles. The van der Waals surface area contributed by atoms with Crippen molar-refractivity contribution in [3.05, 3.63) is 6.33 Å². The van der Waals surface area contributed by atoms with Gasteiger partial charge in [0.05, 0.1) is 5.60 Å². The number of thiazole rings is 1. The Labute approximate surface area is 133 Å². The molecule has 0 aliphatic carbocycles. The summed E-state index contributed by atoms with van der Waals surface area (Å²) in [6.07, 6.45) is 5.28. The van der Waals surface area contributed by atoms with E-state index in [2.05, 4.69) is 34.1 Å². The van der Waals surface area contributed by atoms with Gasteiger partial charge < -0.3 is 10.4 Å². The molecule has 21 heavy (non-hydrogen) atoms. The lowest BCUT2D eigenvalue weighted by atomic mass is 9.95. The van der Waals surface area contributed by atoms with Crippen molar-refractivity contribution in [1.29, 1.82) is 0 Å². The third kappa shape index (κ3) is 4.52. The zero-order valence-corrected chi connectivity index (χ0v) is 14.5. The van der Waals surface area contributed by atoms with Crippen LogP contribution in [0.15, 0.2) is 10.7 Å². The third-order valence-electron chi connectivity index (χ3n) is 3.24. The number of anilines is 1. The maximum absolute atomic E-state index is 10.4. The summed E-state index contributed by atoms with van der Waals surface area (Å²) in [7, 11) is 0. The molecule has 0 bridgehead atoms. The van der Waals surface area contributed by atoms with Gasteiger partial charge in [-0.1, -0.05) is 25.6 Å². The molecule has 1 atom stereocenters. The zero-order valence-electron chi connectivity index (χ0n) is 12.9. The van der Waals surface area contributed by atoms with E-state index >= 15 is 0 Å². The number of aromatic nitrogens is 3.